The molecule has 0 aromatic heterocycles. The molecule has 0 bridgehead atoms. The minimum absolute atomic E-state index is 0.0125. The maximum absolute atomic E-state index is 12.3. The van der Waals surface area contributed by atoms with Gasteiger partial charge in [0.15, 0.2) is 0 Å². The first-order chi connectivity index (χ1) is 8.58. The van der Waals surface area contributed by atoms with E-state index in [1.54, 1.807) is 6.07 Å². The van der Waals surface area contributed by atoms with E-state index in [9.17, 15) is 4.79 Å². The van der Waals surface area contributed by atoms with E-state index >= 15 is 0 Å². The normalized spacial score (nSPS) is 23.7. The largest absolute Gasteiger partial charge is 0.399 e. The highest BCUT2D eigenvalue weighted by Crippen LogP contribution is 2.24. The van der Waals surface area contributed by atoms with Crippen LogP contribution in [0.15, 0.2) is 18.2 Å². The Labute approximate surface area is 109 Å². The van der Waals surface area contributed by atoms with Crippen LogP contribution in [0.2, 0.25) is 0 Å². The maximum atomic E-state index is 12.3. The third-order valence-electron chi connectivity index (χ3n) is 3.93. The molecule has 1 amide bonds. The molecule has 3 N–H and O–H groups in total. The van der Waals surface area contributed by atoms with E-state index < -0.39 is 0 Å². The van der Waals surface area contributed by atoms with Crippen molar-refractivity contribution in [1.82, 2.24) is 5.32 Å². The molecule has 2 rings (SSSR count). The molecule has 0 heterocycles. The average molecular weight is 246 g/mol. The number of benzene rings is 1. The van der Waals surface area contributed by atoms with E-state index in [1.807, 2.05) is 19.1 Å². The summed E-state index contributed by atoms with van der Waals surface area (Å²) in [6.45, 7) is 4.16. The van der Waals surface area contributed by atoms with Crippen molar-refractivity contribution in [2.75, 3.05) is 5.73 Å². The van der Waals surface area contributed by atoms with Crippen LogP contribution >= 0.6 is 0 Å². The zero-order valence-electron chi connectivity index (χ0n) is 11.2. The molecule has 1 aliphatic carbocycles. The van der Waals surface area contributed by atoms with Crippen LogP contribution in [0.3, 0.4) is 0 Å². The lowest BCUT2D eigenvalue weighted by Crippen LogP contribution is -2.41. The fourth-order valence-corrected chi connectivity index (χ4v) is 2.66. The number of carbonyl (C=O) groups excluding carboxylic acids is 1. The first-order valence-electron chi connectivity index (χ1n) is 6.75. The van der Waals surface area contributed by atoms with Crippen molar-refractivity contribution in [3.63, 3.8) is 0 Å². The Balaban J connectivity index is 2.09. The second kappa shape index (κ2) is 5.42. The van der Waals surface area contributed by atoms with Gasteiger partial charge in [-0.1, -0.05) is 25.8 Å². The monoisotopic (exact) mass is 246 g/mol. The summed E-state index contributed by atoms with van der Waals surface area (Å²) >= 11 is 0. The molecule has 18 heavy (non-hydrogen) atoms. The summed E-state index contributed by atoms with van der Waals surface area (Å²) in [5, 5.41) is 3.16. The molecule has 0 saturated heterocycles. The molecule has 0 spiro atoms. The highest BCUT2D eigenvalue weighted by Gasteiger charge is 2.23. The smallest absolute Gasteiger partial charge is 0.251 e. The molecule has 1 aromatic rings. The van der Waals surface area contributed by atoms with Crippen LogP contribution in [0.5, 0.6) is 0 Å². The van der Waals surface area contributed by atoms with Crippen molar-refractivity contribution in [1.29, 1.82) is 0 Å². The standard InChI is InChI=1S/C15H22N2O/c1-10-7-8-12(16)9-13(10)15(18)17-14-6-4-3-5-11(14)2/h7-9,11,14H,3-6,16H2,1-2H3,(H,17,18). The fourth-order valence-electron chi connectivity index (χ4n) is 2.66. The van der Waals surface area contributed by atoms with Gasteiger partial charge in [-0.2, -0.15) is 0 Å². The van der Waals surface area contributed by atoms with Gasteiger partial charge in [0.1, 0.15) is 0 Å². The quantitative estimate of drug-likeness (QED) is 0.788. The van der Waals surface area contributed by atoms with E-state index in [1.165, 1.54) is 19.3 Å². The number of hydrogen-bond acceptors (Lipinski definition) is 2. The minimum Gasteiger partial charge on any atom is -0.399 e. The number of rotatable bonds is 2. The summed E-state index contributed by atoms with van der Waals surface area (Å²) < 4.78 is 0. The summed E-state index contributed by atoms with van der Waals surface area (Å²) in [4.78, 5) is 12.3. The number of nitrogens with two attached hydrogens (primary N) is 1. The Hall–Kier alpha value is -1.51. The van der Waals surface area contributed by atoms with Gasteiger partial charge in [0, 0.05) is 17.3 Å². The fraction of sp³-hybridized carbons (Fsp3) is 0.533. The summed E-state index contributed by atoms with van der Waals surface area (Å²) in [5.41, 5.74) is 8.07. The number of nitrogen functional groups attached to an aromatic ring is 1. The van der Waals surface area contributed by atoms with Gasteiger partial charge in [-0.25, -0.2) is 0 Å². The molecule has 1 aliphatic rings. The summed E-state index contributed by atoms with van der Waals surface area (Å²) in [6, 6.07) is 5.80. The summed E-state index contributed by atoms with van der Waals surface area (Å²) in [7, 11) is 0. The predicted octanol–water partition coefficient (Wildman–Crippen LogP) is 2.89. The molecule has 98 valence electrons. The minimum atomic E-state index is 0.0125. The van der Waals surface area contributed by atoms with Crippen molar-refractivity contribution in [2.45, 2.75) is 45.6 Å². The van der Waals surface area contributed by atoms with Crippen molar-refractivity contribution in [2.24, 2.45) is 5.92 Å². The molecule has 1 fully saturated rings. The molecule has 1 aromatic carbocycles. The van der Waals surface area contributed by atoms with E-state index in [0.717, 1.165) is 12.0 Å². The van der Waals surface area contributed by atoms with Crippen LogP contribution in [0.4, 0.5) is 5.69 Å². The Morgan fingerprint density at radius 3 is 2.78 bits per heavy atom. The molecule has 2 unspecified atom stereocenters. The molecule has 3 heteroatoms. The molecular weight excluding hydrogens is 224 g/mol. The Bertz CT molecular complexity index is 442. The lowest BCUT2D eigenvalue weighted by molar-refractivity contribution is 0.0909. The molecule has 0 aliphatic heterocycles. The lowest BCUT2D eigenvalue weighted by Gasteiger charge is -2.29. The molecule has 3 nitrogen and oxygen atoms in total. The third-order valence-corrected chi connectivity index (χ3v) is 3.93. The van der Waals surface area contributed by atoms with E-state index in [2.05, 4.69) is 12.2 Å². The number of amides is 1. The number of carbonyl (C=O) groups is 1. The van der Waals surface area contributed by atoms with Gasteiger partial charge in [-0.05, 0) is 43.4 Å². The summed E-state index contributed by atoms with van der Waals surface area (Å²) in [6.07, 6.45) is 4.80. The second-order valence-corrected chi connectivity index (χ2v) is 5.42. The first-order valence-corrected chi connectivity index (χ1v) is 6.75. The van der Waals surface area contributed by atoms with Crippen LogP contribution in [-0.4, -0.2) is 11.9 Å². The second-order valence-electron chi connectivity index (χ2n) is 5.42. The first kappa shape index (κ1) is 12.9. The SMILES string of the molecule is Cc1ccc(N)cc1C(=O)NC1CCCCC1C. The van der Waals surface area contributed by atoms with Gasteiger partial charge < -0.3 is 11.1 Å². The number of nitrogens with one attached hydrogen (secondary N) is 1. The zero-order chi connectivity index (χ0) is 13.1. The molecule has 2 atom stereocenters. The van der Waals surface area contributed by atoms with E-state index in [-0.39, 0.29) is 5.91 Å². The van der Waals surface area contributed by atoms with Crippen LogP contribution in [0.25, 0.3) is 0 Å². The number of hydrogen-bond donors (Lipinski definition) is 2. The Kier molecular flexibility index (Phi) is 3.90. The molecule has 0 radical (unpaired) electrons. The van der Waals surface area contributed by atoms with Gasteiger partial charge in [0.25, 0.3) is 5.91 Å². The van der Waals surface area contributed by atoms with E-state index in [4.69, 9.17) is 5.73 Å². The van der Waals surface area contributed by atoms with Gasteiger partial charge >= 0.3 is 0 Å². The topological polar surface area (TPSA) is 55.1 Å². The van der Waals surface area contributed by atoms with Crippen LogP contribution in [0.1, 0.15) is 48.5 Å². The maximum Gasteiger partial charge on any atom is 0.251 e. The van der Waals surface area contributed by atoms with Gasteiger partial charge in [-0.3, -0.25) is 4.79 Å². The number of anilines is 1. The summed E-state index contributed by atoms with van der Waals surface area (Å²) in [5.74, 6) is 0.586. The van der Waals surface area contributed by atoms with Crippen LogP contribution in [-0.2, 0) is 0 Å². The third kappa shape index (κ3) is 2.84. The van der Waals surface area contributed by atoms with Crippen molar-refractivity contribution < 1.29 is 4.79 Å². The van der Waals surface area contributed by atoms with E-state index in [0.29, 0.717) is 23.2 Å². The Morgan fingerprint density at radius 1 is 1.33 bits per heavy atom. The highest BCUT2D eigenvalue weighted by molar-refractivity contribution is 5.96. The van der Waals surface area contributed by atoms with Crippen LogP contribution in [0, 0.1) is 12.8 Å². The predicted molar refractivity (Wildman–Crippen MR) is 74.5 cm³/mol. The average Bonchev–Trinajstić information content (AvgIpc) is 2.35. The molecular formula is C15H22N2O. The van der Waals surface area contributed by atoms with Crippen LogP contribution < -0.4 is 11.1 Å². The van der Waals surface area contributed by atoms with Gasteiger partial charge in [0.2, 0.25) is 0 Å². The van der Waals surface area contributed by atoms with Gasteiger partial charge in [0.05, 0.1) is 0 Å². The zero-order valence-corrected chi connectivity index (χ0v) is 11.2. The lowest BCUT2D eigenvalue weighted by atomic mass is 9.86. The number of aryl methyl sites for hydroxylation is 1. The van der Waals surface area contributed by atoms with Crippen molar-refractivity contribution in [3.8, 4) is 0 Å². The highest BCUT2D eigenvalue weighted by atomic mass is 16.1. The Morgan fingerprint density at radius 2 is 2.06 bits per heavy atom. The van der Waals surface area contributed by atoms with Crippen molar-refractivity contribution >= 4 is 11.6 Å². The van der Waals surface area contributed by atoms with Crippen molar-refractivity contribution in [3.05, 3.63) is 29.3 Å². The van der Waals surface area contributed by atoms with Gasteiger partial charge in [-0.15, -0.1) is 0 Å². The molecule has 1 saturated carbocycles.